The van der Waals surface area contributed by atoms with Crippen molar-refractivity contribution in [1.29, 1.82) is 0 Å². The molecule has 0 aliphatic carbocycles. The first-order chi connectivity index (χ1) is 13.7. The van der Waals surface area contributed by atoms with E-state index in [0.717, 1.165) is 50.7 Å². The van der Waals surface area contributed by atoms with Gasteiger partial charge in [0.15, 0.2) is 5.96 Å². The van der Waals surface area contributed by atoms with E-state index in [1.165, 1.54) is 16.7 Å². The normalized spacial score (nSPS) is 16.2. The van der Waals surface area contributed by atoms with Crippen molar-refractivity contribution < 1.29 is 0 Å². The number of likely N-dealkylation sites (tertiary alicyclic amines) is 1. The van der Waals surface area contributed by atoms with E-state index in [4.69, 9.17) is 4.99 Å². The zero-order chi connectivity index (χ0) is 19.8. The predicted molar refractivity (Wildman–Crippen MR) is 116 cm³/mol. The molecule has 1 aliphatic rings. The van der Waals surface area contributed by atoms with Crippen molar-refractivity contribution >= 4 is 5.96 Å². The summed E-state index contributed by atoms with van der Waals surface area (Å²) in [5, 5.41) is 7.00. The molecule has 1 aliphatic heterocycles. The van der Waals surface area contributed by atoms with Gasteiger partial charge in [0.1, 0.15) is 0 Å². The highest BCUT2D eigenvalue weighted by Crippen LogP contribution is 2.16. The molecule has 2 aromatic rings. The van der Waals surface area contributed by atoms with Crippen LogP contribution in [0.3, 0.4) is 0 Å². The topological polar surface area (TPSA) is 52.6 Å². The minimum Gasteiger partial charge on any atom is -0.357 e. The Morgan fingerprint density at radius 3 is 2.57 bits per heavy atom. The Hall–Kier alpha value is -2.40. The summed E-state index contributed by atoms with van der Waals surface area (Å²) in [5.74, 6) is 0.893. The molecule has 2 N–H and O–H groups in total. The van der Waals surface area contributed by atoms with Crippen LogP contribution in [0.1, 0.15) is 42.1 Å². The van der Waals surface area contributed by atoms with E-state index in [9.17, 15) is 0 Å². The van der Waals surface area contributed by atoms with Gasteiger partial charge in [0.2, 0.25) is 0 Å². The standard InChI is InChI=1S/C23H33N5/c1-4-24-23(26-16-22-19(3)9-7-13-25-22)27-21-11-14-28(15-12-21)17-20-10-6-5-8-18(20)2/h5-10,13,21H,4,11-12,14-17H2,1-3H3,(H2,24,26,27). The van der Waals surface area contributed by atoms with Crippen molar-refractivity contribution in [3.8, 4) is 0 Å². The van der Waals surface area contributed by atoms with E-state index in [2.05, 4.69) is 71.6 Å². The number of aromatic nitrogens is 1. The highest BCUT2D eigenvalue weighted by molar-refractivity contribution is 5.80. The van der Waals surface area contributed by atoms with Crippen molar-refractivity contribution in [2.45, 2.75) is 52.7 Å². The van der Waals surface area contributed by atoms with Gasteiger partial charge in [-0.25, -0.2) is 4.99 Å². The molecule has 0 saturated carbocycles. The molecular formula is C23H33N5. The fourth-order valence-electron chi connectivity index (χ4n) is 3.62. The van der Waals surface area contributed by atoms with Crippen molar-refractivity contribution in [3.63, 3.8) is 0 Å². The third-order valence-corrected chi connectivity index (χ3v) is 5.43. The number of rotatable bonds is 6. The van der Waals surface area contributed by atoms with Gasteiger partial charge in [0, 0.05) is 38.4 Å². The summed E-state index contributed by atoms with van der Waals surface area (Å²) < 4.78 is 0. The Balaban J connectivity index is 1.52. The molecule has 1 aromatic heterocycles. The molecule has 0 radical (unpaired) electrons. The molecule has 0 spiro atoms. The maximum atomic E-state index is 4.76. The maximum absolute atomic E-state index is 4.76. The molecule has 0 amide bonds. The number of guanidine groups is 1. The lowest BCUT2D eigenvalue weighted by Gasteiger charge is -2.33. The number of aryl methyl sites for hydroxylation is 2. The van der Waals surface area contributed by atoms with Gasteiger partial charge >= 0.3 is 0 Å². The quantitative estimate of drug-likeness (QED) is 0.596. The Labute approximate surface area is 169 Å². The number of hydrogen-bond donors (Lipinski definition) is 2. The van der Waals surface area contributed by atoms with Gasteiger partial charge in [-0.2, -0.15) is 0 Å². The van der Waals surface area contributed by atoms with E-state index in [0.29, 0.717) is 12.6 Å². The Morgan fingerprint density at radius 2 is 1.86 bits per heavy atom. The maximum Gasteiger partial charge on any atom is 0.191 e. The second kappa shape index (κ2) is 10.2. The predicted octanol–water partition coefficient (Wildman–Crippen LogP) is 3.42. The second-order valence-electron chi connectivity index (χ2n) is 7.58. The first kappa shape index (κ1) is 20.3. The number of aliphatic imine (C=N–C) groups is 1. The smallest absolute Gasteiger partial charge is 0.191 e. The van der Waals surface area contributed by atoms with Crippen LogP contribution in [0.2, 0.25) is 0 Å². The Morgan fingerprint density at radius 1 is 1.11 bits per heavy atom. The fourth-order valence-corrected chi connectivity index (χ4v) is 3.62. The molecule has 0 bridgehead atoms. The summed E-state index contributed by atoms with van der Waals surface area (Å²) >= 11 is 0. The van der Waals surface area contributed by atoms with Gasteiger partial charge in [0.25, 0.3) is 0 Å². The molecule has 3 rings (SSSR count). The fraction of sp³-hybridized carbons (Fsp3) is 0.478. The van der Waals surface area contributed by atoms with Crippen LogP contribution in [-0.4, -0.2) is 41.5 Å². The van der Waals surface area contributed by atoms with Crippen molar-refractivity contribution in [3.05, 3.63) is 65.0 Å². The molecule has 5 nitrogen and oxygen atoms in total. The average molecular weight is 380 g/mol. The van der Waals surface area contributed by atoms with Crippen LogP contribution in [0.5, 0.6) is 0 Å². The summed E-state index contributed by atoms with van der Waals surface area (Å²) in [7, 11) is 0. The number of piperidine rings is 1. The van der Waals surface area contributed by atoms with Gasteiger partial charge in [-0.15, -0.1) is 0 Å². The van der Waals surface area contributed by atoms with Crippen LogP contribution in [0.25, 0.3) is 0 Å². The molecule has 1 aromatic carbocycles. The molecule has 1 saturated heterocycles. The SMILES string of the molecule is CCNC(=NCc1ncccc1C)NC1CCN(Cc2ccccc2C)CC1. The number of hydrogen-bond acceptors (Lipinski definition) is 3. The summed E-state index contributed by atoms with van der Waals surface area (Å²) in [4.78, 5) is 11.8. The van der Waals surface area contributed by atoms with Gasteiger partial charge in [0.05, 0.1) is 12.2 Å². The van der Waals surface area contributed by atoms with E-state index in [1.54, 1.807) is 0 Å². The van der Waals surface area contributed by atoms with E-state index in [-0.39, 0.29) is 0 Å². The van der Waals surface area contributed by atoms with Gasteiger partial charge in [-0.05, 0) is 56.4 Å². The number of nitrogens with zero attached hydrogens (tertiary/aromatic N) is 3. The highest BCUT2D eigenvalue weighted by Gasteiger charge is 2.20. The van der Waals surface area contributed by atoms with E-state index >= 15 is 0 Å². The molecule has 0 atom stereocenters. The van der Waals surface area contributed by atoms with E-state index in [1.807, 2.05) is 12.3 Å². The summed E-state index contributed by atoms with van der Waals surface area (Å²) in [6, 6.07) is 13.2. The van der Waals surface area contributed by atoms with Crippen LogP contribution in [-0.2, 0) is 13.1 Å². The van der Waals surface area contributed by atoms with Gasteiger partial charge in [-0.3, -0.25) is 9.88 Å². The zero-order valence-corrected chi connectivity index (χ0v) is 17.4. The molecule has 0 unspecified atom stereocenters. The van der Waals surface area contributed by atoms with Crippen LogP contribution in [0.4, 0.5) is 0 Å². The highest BCUT2D eigenvalue weighted by atomic mass is 15.2. The Kier molecular flexibility index (Phi) is 7.43. The second-order valence-corrected chi connectivity index (χ2v) is 7.58. The number of benzene rings is 1. The molecule has 28 heavy (non-hydrogen) atoms. The molecule has 1 fully saturated rings. The monoisotopic (exact) mass is 379 g/mol. The molecule has 2 heterocycles. The summed E-state index contributed by atoms with van der Waals surface area (Å²) in [6.45, 7) is 11.1. The van der Waals surface area contributed by atoms with Crippen molar-refractivity contribution in [2.75, 3.05) is 19.6 Å². The minimum atomic E-state index is 0.468. The van der Waals surface area contributed by atoms with Crippen molar-refractivity contribution in [2.24, 2.45) is 4.99 Å². The average Bonchev–Trinajstić information content (AvgIpc) is 2.70. The zero-order valence-electron chi connectivity index (χ0n) is 17.4. The minimum absolute atomic E-state index is 0.468. The lowest BCUT2D eigenvalue weighted by molar-refractivity contribution is 0.198. The number of nitrogens with one attached hydrogen (secondary N) is 2. The number of pyridine rings is 1. The lowest BCUT2D eigenvalue weighted by atomic mass is 10.0. The largest absolute Gasteiger partial charge is 0.357 e. The first-order valence-electron chi connectivity index (χ1n) is 10.4. The molecule has 150 valence electrons. The summed E-state index contributed by atoms with van der Waals surface area (Å²) in [5.41, 5.74) is 5.04. The summed E-state index contributed by atoms with van der Waals surface area (Å²) in [6.07, 6.45) is 4.11. The van der Waals surface area contributed by atoms with Crippen LogP contribution >= 0.6 is 0 Å². The van der Waals surface area contributed by atoms with Crippen LogP contribution < -0.4 is 10.6 Å². The Bertz CT molecular complexity index is 778. The van der Waals surface area contributed by atoms with Gasteiger partial charge < -0.3 is 10.6 Å². The van der Waals surface area contributed by atoms with Crippen LogP contribution in [0.15, 0.2) is 47.6 Å². The lowest BCUT2D eigenvalue weighted by Crippen LogP contribution is -2.48. The first-order valence-corrected chi connectivity index (χ1v) is 10.4. The van der Waals surface area contributed by atoms with Crippen molar-refractivity contribution in [1.82, 2.24) is 20.5 Å². The third kappa shape index (κ3) is 5.80. The van der Waals surface area contributed by atoms with Gasteiger partial charge in [-0.1, -0.05) is 30.3 Å². The molecule has 5 heteroatoms. The van der Waals surface area contributed by atoms with Crippen LogP contribution in [0, 0.1) is 13.8 Å². The molecular weight excluding hydrogens is 346 g/mol. The van der Waals surface area contributed by atoms with E-state index < -0.39 is 0 Å². The third-order valence-electron chi connectivity index (χ3n) is 5.43.